The van der Waals surface area contributed by atoms with E-state index < -0.39 is 0 Å². The molecule has 1 aromatic carbocycles. The number of thiazole rings is 1. The molecule has 1 N–H and O–H groups in total. The molecule has 0 radical (unpaired) electrons. The standard InChI is InChI=1S/C19H18ClN3OS/c1-2-17(13-5-3-7-15(20)9-13)23-18(24)10-16-12-25-19(22-16)14-6-4-8-21-11-14/h3-9,11-12,17H,2,10H2,1H3,(H,23,24). The van der Waals surface area contributed by atoms with E-state index >= 15 is 0 Å². The van der Waals surface area contributed by atoms with Crippen LogP contribution < -0.4 is 5.32 Å². The van der Waals surface area contributed by atoms with Crippen LogP contribution in [-0.4, -0.2) is 15.9 Å². The number of aromatic nitrogens is 2. The summed E-state index contributed by atoms with van der Waals surface area (Å²) >= 11 is 7.57. The van der Waals surface area contributed by atoms with E-state index in [1.165, 1.54) is 11.3 Å². The molecule has 1 amide bonds. The van der Waals surface area contributed by atoms with Crippen LogP contribution in [0.2, 0.25) is 5.02 Å². The van der Waals surface area contributed by atoms with Gasteiger partial charge >= 0.3 is 0 Å². The third-order valence-corrected chi connectivity index (χ3v) is 4.97. The van der Waals surface area contributed by atoms with Crippen molar-refractivity contribution in [3.63, 3.8) is 0 Å². The highest BCUT2D eigenvalue weighted by Gasteiger charge is 2.15. The first-order valence-corrected chi connectivity index (χ1v) is 9.31. The van der Waals surface area contributed by atoms with Crippen molar-refractivity contribution in [2.75, 3.05) is 0 Å². The Morgan fingerprint density at radius 2 is 2.20 bits per heavy atom. The van der Waals surface area contributed by atoms with E-state index in [1.54, 1.807) is 12.4 Å². The van der Waals surface area contributed by atoms with Gasteiger partial charge in [0.1, 0.15) is 5.01 Å². The lowest BCUT2D eigenvalue weighted by atomic mass is 10.0. The Morgan fingerprint density at radius 3 is 2.92 bits per heavy atom. The summed E-state index contributed by atoms with van der Waals surface area (Å²) in [6.45, 7) is 2.04. The summed E-state index contributed by atoms with van der Waals surface area (Å²) in [4.78, 5) is 21.0. The Bertz CT molecular complexity index is 851. The topological polar surface area (TPSA) is 54.9 Å². The maximum Gasteiger partial charge on any atom is 0.226 e. The second-order valence-corrected chi connectivity index (χ2v) is 6.94. The van der Waals surface area contributed by atoms with Crippen molar-refractivity contribution in [1.29, 1.82) is 0 Å². The summed E-state index contributed by atoms with van der Waals surface area (Å²) in [7, 11) is 0. The van der Waals surface area contributed by atoms with Gasteiger partial charge in [-0.25, -0.2) is 4.98 Å². The Labute approximate surface area is 155 Å². The van der Waals surface area contributed by atoms with Gasteiger partial charge in [0.2, 0.25) is 5.91 Å². The van der Waals surface area contributed by atoms with Crippen LogP contribution in [-0.2, 0) is 11.2 Å². The number of carbonyl (C=O) groups excluding carboxylic acids is 1. The average molecular weight is 372 g/mol. The molecule has 128 valence electrons. The molecule has 0 aliphatic rings. The Balaban J connectivity index is 1.65. The second-order valence-electron chi connectivity index (χ2n) is 5.65. The monoisotopic (exact) mass is 371 g/mol. The lowest BCUT2D eigenvalue weighted by molar-refractivity contribution is -0.121. The van der Waals surface area contributed by atoms with Gasteiger partial charge in [-0.15, -0.1) is 11.3 Å². The van der Waals surface area contributed by atoms with Crippen molar-refractivity contribution < 1.29 is 4.79 Å². The number of hydrogen-bond donors (Lipinski definition) is 1. The number of rotatable bonds is 6. The van der Waals surface area contributed by atoms with E-state index in [-0.39, 0.29) is 18.4 Å². The summed E-state index contributed by atoms with van der Waals surface area (Å²) in [6.07, 6.45) is 4.55. The van der Waals surface area contributed by atoms with Crippen LogP contribution in [0.25, 0.3) is 10.6 Å². The SMILES string of the molecule is CCC(NC(=O)Cc1csc(-c2cccnc2)n1)c1cccc(Cl)c1. The molecule has 0 saturated carbocycles. The van der Waals surface area contributed by atoms with E-state index in [2.05, 4.69) is 15.3 Å². The number of amides is 1. The summed E-state index contributed by atoms with van der Waals surface area (Å²) in [5.74, 6) is -0.0464. The minimum atomic E-state index is -0.0531. The minimum Gasteiger partial charge on any atom is -0.349 e. The molecule has 0 bridgehead atoms. The summed E-state index contributed by atoms with van der Waals surface area (Å²) in [5.41, 5.74) is 2.74. The molecule has 25 heavy (non-hydrogen) atoms. The molecule has 0 fully saturated rings. The molecule has 0 spiro atoms. The lowest BCUT2D eigenvalue weighted by Gasteiger charge is -2.17. The smallest absolute Gasteiger partial charge is 0.226 e. The molecule has 3 rings (SSSR count). The predicted molar refractivity (Wildman–Crippen MR) is 102 cm³/mol. The maximum atomic E-state index is 12.4. The van der Waals surface area contributed by atoms with E-state index in [1.807, 2.05) is 48.7 Å². The zero-order chi connectivity index (χ0) is 17.6. The Kier molecular flexibility index (Phi) is 5.79. The second kappa shape index (κ2) is 8.23. The average Bonchev–Trinajstić information content (AvgIpc) is 3.09. The van der Waals surface area contributed by atoms with Crippen LogP contribution in [0.15, 0.2) is 54.2 Å². The van der Waals surface area contributed by atoms with Gasteiger partial charge in [0, 0.05) is 28.4 Å². The number of benzene rings is 1. The van der Waals surface area contributed by atoms with Crippen molar-refractivity contribution in [3.8, 4) is 10.6 Å². The third kappa shape index (κ3) is 4.65. The van der Waals surface area contributed by atoms with Gasteiger partial charge in [-0.2, -0.15) is 0 Å². The van der Waals surface area contributed by atoms with E-state index in [9.17, 15) is 4.79 Å². The first kappa shape index (κ1) is 17.6. The fourth-order valence-electron chi connectivity index (χ4n) is 2.56. The van der Waals surface area contributed by atoms with Crippen LogP contribution in [0, 0.1) is 0 Å². The molecule has 6 heteroatoms. The molecule has 0 saturated heterocycles. The minimum absolute atomic E-state index is 0.0464. The van der Waals surface area contributed by atoms with Crippen LogP contribution >= 0.6 is 22.9 Å². The van der Waals surface area contributed by atoms with E-state index in [4.69, 9.17) is 11.6 Å². The summed E-state index contributed by atoms with van der Waals surface area (Å²) in [6, 6.07) is 11.4. The lowest BCUT2D eigenvalue weighted by Crippen LogP contribution is -2.29. The first-order valence-electron chi connectivity index (χ1n) is 8.05. The van der Waals surface area contributed by atoms with Crippen LogP contribution in [0.5, 0.6) is 0 Å². The molecule has 1 unspecified atom stereocenters. The van der Waals surface area contributed by atoms with Crippen LogP contribution in [0.1, 0.15) is 30.6 Å². The molecule has 2 heterocycles. The van der Waals surface area contributed by atoms with E-state index in [0.717, 1.165) is 28.2 Å². The largest absolute Gasteiger partial charge is 0.349 e. The van der Waals surface area contributed by atoms with Gasteiger partial charge in [-0.05, 0) is 36.2 Å². The van der Waals surface area contributed by atoms with Gasteiger partial charge < -0.3 is 5.32 Å². The molecule has 4 nitrogen and oxygen atoms in total. The Hall–Kier alpha value is -2.24. The highest BCUT2D eigenvalue weighted by molar-refractivity contribution is 7.13. The van der Waals surface area contributed by atoms with Gasteiger partial charge in [0.25, 0.3) is 0 Å². The third-order valence-electron chi connectivity index (χ3n) is 3.80. The number of pyridine rings is 1. The fraction of sp³-hybridized carbons (Fsp3) is 0.211. The van der Waals surface area contributed by atoms with E-state index in [0.29, 0.717) is 5.02 Å². The highest BCUT2D eigenvalue weighted by atomic mass is 35.5. The number of hydrogen-bond acceptors (Lipinski definition) is 4. The quantitative estimate of drug-likeness (QED) is 0.685. The number of carbonyl (C=O) groups is 1. The molecule has 0 aliphatic carbocycles. The predicted octanol–water partition coefficient (Wildman–Crippen LogP) is 4.67. The zero-order valence-corrected chi connectivity index (χ0v) is 15.3. The summed E-state index contributed by atoms with van der Waals surface area (Å²) < 4.78 is 0. The van der Waals surface area contributed by atoms with Crippen molar-refractivity contribution in [2.45, 2.75) is 25.8 Å². The van der Waals surface area contributed by atoms with Crippen LogP contribution in [0.3, 0.4) is 0 Å². The van der Waals surface area contributed by atoms with Gasteiger partial charge in [0.05, 0.1) is 18.2 Å². The maximum absolute atomic E-state index is 12.4. The molecule has 3 aromatic rings. The van der Waals surface area contributed by atoms with Gasteiger partial charge in [-0.3, -0.25) is 9.78 Å². The molecule has 0 aliphatic heterocycles. The van der Waals surface area contributed by atoms with Gasteiger partial charge in [-0.1, -0.05) is 30.7 Å². The Morgan fingerprint density at radius 1 is 1.32 bits per heavy atom. The highest BCUT2D eigenvalue weighted by Crippen LogP contribution is 2.23. The first-order chi connectivity index (χ1) is 12.2. The molecule has 1 atom stereocenters. The molecular formula is C19H18ClN3OS. The van der Waals surface area contributed by atoms with Crippen molar-refractivity contribution in [3.05, 3.63) is 70.5 Å². The summed E-state index contributed by atoms with van der Waals surface area (Å²) in [5, 5.41) is 6.53. The van der Waals surface area contributed by atoms with Crippen molar-refractivity contribution >= 4 is 28.8 Å². The van der Waals surface area contributed by atoms with Crippen molar-refractivity contribution in [2.24, 2.45) is 0 Å². The van der Waals surface area contributed by atoms with Crippen LogP contribution in [0.4, 0.5) is 0 Å². The number of halogens is 1. The molecule has 2 aromatic heterocycles. The van der Waals surface area contributed by atoms with Gasteiger partial charge in [0.15, 0.2) is 0 Å². The van der Waals surface area contributed by atoms with Crippen molar-refractivity contribution in [1.82, 2.24) is 15.3 Å². The fourth-order valence-corrected chi connectivity index (χ4v) is 3.57. The number of nitrogens with one attached hydrogen (secondary N) is 1. The number of nitrogens with zero attached hydrogens (tertiary/aromatic N) is 2. The molecular weight excluding hydrogens is 354 g/mol. The zero-order valence-electron chi connectivity index (χ0n) is 13.8. The normalized spacial score (nSPS) is 11.9.